The Balaban J connectivity index is 2.16. The van der Waals surface area contributed by atoms with Gasteiger partial charge in [-0.1, -0.05) is 54.9 Å². The molecule has 0 amide bonds. The average Bonchev–Trinajstić information content (AvgIpc) is 2.46. The highest BCUT2D eigenvalue weighted by molar-refractivity contribution is 6.32. The van der Waals surface area contributed by atoms with E-state index >= 15 is 0 Å². The zero-order chi connectivity index (χ0) is 14.5. The molecule has 1 unspecified atom stereocenters. The van der Waals surface area contributed by atoms with Crippen molar-refractivity contribution in [3.05, 3.63) is 64.2 Å². The molecule has 2 aromatic rings. The minimum absolute atomic E-state index is 0.0781. The third kappa shape index (κ3) is 3.53. The van der Waals surface area contributed by atoms with Gasteiger partial charge in [-0.25, -0.2) is 0 Å². The van der Waals surface area contributed by atoms with Crippen LogP contribution in [-0.2, 0) is 6.61 Å². The van der Waals surface area contributed by atoms with Crippen LogP contribution in [0.15, 0.2) is 42.5 Å². The summed E-state index contributed by atoms with van der Waals surface area (Å²) in [4.78, 5) is 0. The first-order valence-electron chi connectivity index (χ1n) is 6.69. The number of aliphatic hydroxyl groups is 1. The van der Waals surface area contributed by atoms with E-state index in [1.807, 2.05) is 56.3 Å². The highest BCUT2D eigenvalue weighted by atomic mass is 35.5. The number of halogens is 1. The lowest BCUT2D eigenvalue weighted by Gasteiger charge is -2.15. The Morgan fingerprint density at radius 2 is 1.90 bits per heavy atom. The fourth-order valence-electron chi connectivity index (χ4n) is 2.06. The molecule has 2 rings (SSSR count). The third-order valence-corrected chi connectivity index (χ3v) is 3.60. The van der Waals surface area contributed by atoms with Crippen molar-refractivity contribution in [2.45, 2.75) is 26.4 Å². The largest absolute Gasteiger partial charge is 0.487 e. The van der Waals surface area contributed by atoms with E-state index in [4.69, 9.17) is 16.3 Å². The minimum Gasteiger partial charge on any atom is -0.487 e. The van der Waals surface area contributed by atoms with Gasteiger partial charge in [0.1, 0.15) is 12.4 Å². The van der Waals surface area contributed by atoms with Gasteiger partial charge < -0.3 is 9.84 Å². The van der Waals surface area contributed by atoms with Crippen LogP contribution >= 0.6 is 11.6 Å². The average molecular weight is 291 g/mol. The van der Waals surface area contributed by atoms with Crippen molar-refractivity contribution < 1.29 is 9.84 Å². The van der Waals surface area contributed by atoms with Crippen molar-refractivity contribution in [1.82, 2.24) is 0 Å². The van der Waals surface area contributed by atoms with Gasteiger partial charge in [0.25, 0.3) is 0 Å². The predicted octanol–water partition coefficient (Wildman–Crippen LogP) is 4.32. The van der Waals surface area contributed by atoms with E-state index in [-0.39, 0.29) is 12.5 Å². The first kappa shape index (κ1) is 14.9. The Kier molecular flexibility index (Phi) is 5.05. The minimum atomic E-state index is 0.0781. The van der Waals surface area contributed by atoms with E-state index in [2.05, 4.69) is 0 Å². The summed E-state index contributed by atoms with van der Waals surface area (Å²) in [5.74, 6) is 0.791. The number of ether oxygens (including phenoxy) is 1. The van der Waals surface area contributed by atoms with Crippen molar-refractivity contribution >= 4 is 11.6 Å². The Morgan fingerprint density at radius 1 is 1.20 bits per heavy atom. The second kappa shape index (κ2) is 6.78. The van der Waals surface area contributed by atoms with E-state index in [0.29, 0.717) is 17.4 Å². The summed E-state index contributed by atoms with van der Waals surface area (Å²) in [5, 5.41) is 9.81. The maximum absolute atomic E-state index is 9.22. The van der Waals surface area contributed by atoms with Crippen LogP contribution < -0.4 is 4.74 Å². The molecule has 106 valence electrons. The van der Waals surface area contributed by atoms with Crippen LogP contribution in [0.1, 0.15) is 29.5 Å². The van der Waals surface area contributed by atoms with Crippen molar-refractivity contribution in [2.24, 2.45) is 0 Å². The predicted molar refractivity (Wildman–Crippen MR) is 82.5 cm³/mol. The third-order valence-electron chi connectivity index (χ3n) is 3.32. The summed E-state index contributed by atoms with van der Waals surface area (Å²) < 4.78 is 5.83. The summed E-state index contributed by atoms with van der Waals surface area (Å²) in [6.07, 6.45) is 0. The first-order valence-corrected chi connectivity index (χ1v) is 7.07. The lowest BCUT2D eigenvalue weighted by Crippen LogP contribution is -2.02. The molecule has 0 bridgehead atoms. The van der Waals surface area contributed by atoms with Gasteiger partial charge in [0, 0.05) is 12.5 Å². The number of aryl methyl sites for hydroxylation is 1. The van der Waals surface area contributed by atoms with Crippen LogP contribution in [0.4, 0.5) is 0 Å². The van der Waals surface area contributed by atoms with Gasteiger partial charge in [0.15, 0.2) is 0 Å². The van der Waals surface area contributed by atoms with Crippen LogP contribution in [0.25, 0.3) is 0 Å². The Morgan fingerprint density at radius 3 is 2.50 bits per heavy atom. The molecule has 0 saturated carbocycles. The van der Waals surface area contributed by atoms with Crippen molar-refractivity contribution in [2.75, 3.05) is 6.61 Å². The SMILES string of the molecule is Cc1cc(C(C)CO)cc(Cl)c1OCc1ccccc1. The number of aliphatic hydroxyl groups excluding tert-OH is 1. The molecule has 0 fully saturated rings. The molecule has 0 aliphatic carbocycles. The molecule has 0 saturated heterocycles. The Bertz CT molecular complexity index is 543. The van der Waals surface area contributed by atoms with E-state index in [1.54, 1.807) is 0 Å². The Hall–Kier alpha value is -1.51. The van der Waals surface area contributed by atoms with Crippen molar-refractivity contribution in [1.29, 1.82) is 0 Å². The molecule has 0 heterocycles. The molecule has 2 nitrogen and oxygen atoms in total. The number of rotatable bonds is 5. The molecule has 0 aromatic heterocycles. The van der Waals surface area contributed by atoms with Gasteiger partial charge in [0.05, 0.1) is 5.02 Å². The molecular formula is C17H19ClO2. The van der Waals surface area contributed by atoms with Gasteiger partial charge in [0.2, 0.25) is 0 Å². The second-order valence-electron chi connectivity index (χ2n) is 5.01. The summed E-state index contributed by atoms with van der Waals surface area (Å²) >= 11 is 6.30. The molecule has 0 spiro atoms. The lowest BCUT2D eigenvalue weighted by molar-refractivity contribution is 0.272. The fourth-order valence-corrected chi connectivity index (χ4v) is 2.39. The highest BCUT2D eigenvalue weighted by Crippen LogP contribution is 2.33. The first-order chi connectivity index (χ1) is 9.61. The van der Waals surface area contributed by atoms with Crippen LogP contribution in [-0.4, -0.2) is 11.7 Å². The molecular weight excluding hydrogens is 272 g/mol. The monoisotopic (exact) mass is 290 g/mol. The van der Waals surface area contributed by atoms with E-state index in [9.17, 15) is 5.11 Å². The summed E-state index contributed by atoms with van der Waals surface area (Å²) in [6, 6.07) is 13.9. The molecule has 2 aromatic carbocycles. The molecule has 3 heteroatoms. The van der Waals surface area contributed by atoms with Crippen LogP contribution in [0.2, 0.25) is 5.02 Å². The molecule has 0 aliphatic rings. The summed E-state index contributed by atoms with van der Waals surface area (Å²) in [5.41, 5.74) is 3.13. The Labute approximate surface area is 125 Å². The van der Waals surface area contributed by atoms with E-state index in [0.717, 1.165) is 16.7 Å². The second-order valence-corrected chi connectivity index (χ2v) is 5.41. The van der Waals surface area contributed by atoms with Crippen LogP contribution in [0.5, 0.6) is 5.75 Å². The lowest BCUT2D eigenvalue weighted by atomic mass is 10.00. The van der Waals surface area contributed by atoms with Gasteiger partial charge in [-0.05, 0) is 29.7 Å². The van der Waals surface area contributed by atoms with Gasteiger partial charge in [-0.15, -0.1) is 0 Å². The van der Waals surface area contributed by atoms with E-state index in [1.165, 1.54) is 0 Å². The number of hydrogen-bond donors (Lipinski definition) is 1. The zero-order valence-corrected chi connectivity index (χ0v) is 12.5. The topological polar surface area (TPSA) is 29.5 Å². The molecule has 0 radical (unpaired) electrons. The summed E-state index contributed by atoms with van der Waals surface area (Å²) in [7, 11) is 0. The number of benzene rings is 2. The number of hydrogen-bond acceptors (Lipinski definition) is 2. The van der Waals surface area contributed by atoms with Gasteiger partial charge >= 0.3 is 0 Å². The highest BCUT2D eigenvalue weighted by Gasteiger charge is 2.12. The standard InChI is InChI=1S/C17H19ClO2/c1-12-8-15(13(2)10-19)9-16(18)17(12)20-11-14-6-4-3-5-7-14/h3-9,13,19H,10-11H2,1-2H3. The van der Waals surface area contributed by atoms with Crippen LogP contribution in [0.3, 0.4) is 0 Å². The van der Waals surface area contributed by atoms with E-state index < -0.39 is 0 Å². The molecule has 0 aliphatic heterocycles. The smallest absolute Gasteiger partial charge is 0.141 e. The quantitative estimate of drug-likeness (QED) is 0.888. The maximum atomic E-state index is 9.22. The maximum Gasteiger partial charge on any atom is 0.141 e. The normalized spacial score (nSPS) is 12.2. The molecule has 20 heavy (non-hydrogen) atoms. The van der Waals surface area contributed by atoms with Crippen molar-refractivity contribution in [3.8, 4) is 5.75 Å². The van der Waals surface area contributed by atoms with Gasteiger partial charge in [-0.3, -0.25) is 0 Å². The fraction of sp³-hybridized carbons (Fsp3) is 0.294. The van der Waals surface area contributed by atoms with Gasteiger partial charge in [-0.2, -0.15) is 0 Å². The van der Waals surface area contributed by atoms with Crippen molar-refractivity contribution in [3.63, 3.8) is 0 Å². The molecule has 1 atom stereocenters. The zero-order valence-electron chi connectivity index (χ0n) is 11.8. The summed E-state index contributed by atoms with van der Waals surface area (Å²) in [6.45, 7) is 4.55. The van der Waals surface area contributed by atoms with Crippen LogP contribution in [0, 0.1) is 6.92 Å². The molecule has 1 N–H and O–H groups in total.